The molecule has 0 aliphatic carbocycles. The fourth-order valence-corrected chi connectivity index (χ4v) is 0.778. The molecule has 0 radical (unpaired) electrons. The van der Waals surface area contributed by atoms with E-state index in [4.69, 9.17) is 19.7 Å². The quantitative estimate of drug-likeness (QED) is 0.714. The van der Waals surface area contributed by atoms with E-state index in [1.54, 1.807) is 12.3 Å². The minimum absolute atomic E-state index is 0.298. The van der Waals surface area contributed by atoms with E-state index < -0.39 is 30.7 Å². The third-order valence-corrected chi connectivity index (χ3v) is 1.54. The van der Waals surface area contributed by atoms with Crippen LogP contribution in [0.4, 0.5) is 11.6 Å². The molecule has 0 aliphatic heterocycles. The fourth-order valence-electron chi connectivity index (χ4n) is 0.778. The van der Waals surface area contributed by atoms with E-state index in [9.17, 15) is 0 Å². The molecule has 0 atom stereocenters. The number of hydrogen-bond donors (Lipinski definition) is 2. The van der Waals surface area contributed by atoms with Crippen LogP contribution in [-0.2, 0) is 0 Å². The van der Waals surface area contributed by atoms with Gasteiger partial charge in [0.2, 0.25) is 0 Å². The summed E-state index contributed by atoms with van der Waals surface area (Å²) in [6, 6.07) is 2.71. The van der Waals surface area contributed by atoms with Gasteiger partial charge in [-0.25, -0.2) is 9.97 Å². The normalized spacial score (nSPS) is 15.3. The van der Waals surface area contributed by atoms with Crippen LogP contribution in [0.15, 0.2) is 36.6 Å². The summed E-state index contributed by atoms with van der Waals surface area (Å²) in [5.74, 6) is 0.281. The van der Waals surface area contributed by atoms with Gasteiger partial charge >= 0.3 is 0 Å². The molecular formula is C12H16N4. The van der Waals surface area contributed by atoms with Crippen molar-refractivity contribution in [3.05, 3.63) is 47.7 Å². The lowest BCUT2D eigenvalue weighted by Crippen LogP contribution is -1.87. The Kier molecular flexibility index (Phi) is 2.08. The van der Waals surface area contributed by atoms with Crippen molar-refractivity contribution in [2.45, 2.75) is 13.8 Å². The number of nitrogen functional groups attached to an aromatic ring is 2. The van der Waals surface area contributed by atoms with E-state index >= 15 is 0 Å². The summed E-state index contributed by atoms with van der Waals surface area (Å²) in [5.41, 5.74) is 11.1. The van der Waals surface area contributed by atoms with E-state index in [-0.39, 0.29) is 5.82 Å². The molecule has 2 rings (SSSR count). The Morgan fingerprint density at radius 1 is 1.12 bits per heavy atom. The summed E-state index contributed by atoms with van der Waals surface area (Å²) in [6.07, 6.45) is 1.18. The van der Waals surface area contributed by atoms with Crippen molar-refractivity contribution in [3.8, 4) is 0 Å². The molecule has 0 fully saturated rings. The molecule has 2 aromatic heterocycles. The Bertz CT molecular complexity index is 633. The van der Waals surface area contributed by atoms with Gasteiger partial charge < -0.3 is 11.5 Å². The van der Waals surface area contributed by atoms with Crippen molar-refractivity contribution in [2.24, 2.45) is 0 Å². The number of aryl methyl sites for hydroxylation is 1. The van der Waals surface area contributed by atoms with Gasteiger partial charge in [-0.05, 0) is 37.0 Å². The van der Waals surface area contributed by atoms with Gasteiger partial charge in [-0.3, -0.25) is 0 Å². The molecule has 0 saturated carbocycles. The summed E-state index contributed by atoms with van der Waals surface area (Å²) in [4.78, 5) is 7.23. The maximum atomic E-state index is 7.35. The summed E-state index contributed by atoms with van der Waals surface area (Å²) in [6.45, 7) is -0.628. The molecule has 16 heavy (non-hydrogen) atoms. The summed E-state index contributed by atoms with van der Waals surface area (Å²) in [7, 11) is 0. The van der Waals surface area contributed by atoms with Crippen LogP contribution in [0.2, 0.25) is 0 Å². The monoisotopic (exact) mass is 222 g/mol. The molecule has 0 unspecified atom stereocenters. The molecule has 0 spiro atoms. The van der Waals surface area contributed by atoms with Gasteiger partial charge in [-0.2, -0.15) is 0 Å². The number of nitrogens with two attached hydrogens (primary N) is 2. The molecule has 2 heterocycles. The molecule has 0 bridgehead atoms. The first-order valence-corrected chi connectivity index (χ1v) is 4.46. The lowest BCUT2D eigenvalue weighted by Gasteiger charge is -1.89. The first-order chi connectivity index (χ1) is 10.0. The highest BCUT2D eigenvalue weighted by atomic mass is 14.8. The van der Waals surface area contributed by atoms with Gasteiger partial charge in [0, 0.05) is 16.5 Å². The van der Waals surface area contributed by atoms with Crippen molar-refractivity contribution in [1.82, 2.24) is 9.97 Å². The van der Waals surface area contributed by atoms with Crippen molar-refractivity contribution in [1.29, 1.82) is 0 Å². The Balaban J connectivity index is 0.000000255. The van der Waals surface area contributed by atoms with Crippen LogP contribution >= 0.6 is 0 Å². The zero-order chi connectivity index (χ0) is 17.1. The average Bonchev–Trinajstić information content (AvgIpc) is 2.39. The molecule has 0 saturated heterocycles. The van der Waals surface area contributed by atoms with Crippen LogP contribution in [-0.4, -0.2) is 9.97 Å². The second kappa shape index (κ2) is 5.70. The van der Waals surface area contributed by atoms with Gasteiger partial charge in [-0.15, -0.1) is 0 Å². The van der Waals surface area contributed by atoms with Crippen molar-refractivity contribution in [3.63, 3.8) is 0 Å². The third kappa shape index (κ3) is 4.41. The predicted octanol–water partition coefficient (Wildman–Crippen LogP) is 1.94. The van der Waals surface area contributed by atoms with Crippen LogP contribution in [0.25, 0.3) is 0 Å². The maximum Gasteiger partial charge on any atom is 0.123 e. The molecular weight excluding hydrogens is 200 g/mol. The molecule has 0 amide bonds. The van der Waals surface area contributed by atoms with Gasteiger partial charge in [0.15, 0.2) is 0 Å². The van der Waals surface area contributed by atoms with Crippen molar-refractivity contribution in [2.75, 3.05) is 11.5 Å². The van der Waals surface area contributed by atoms with Crippen LogP contribution in [0, 0.1) is 13.8 Å². The molecule has 4 heteroatoms. The maximum absolute atomic E-state index is 7.35. The second-order valence-electron chi connectivity index (χ2n) is 2.99. The Labute approximate surface area is 104 Å². The Hall–Kier alpha value is -2.10. The van der Waals surface area contributed by atoms with Gasteiger partial charge in [0.05, 0.1) is 4.11 Å². The summed E-state index contributed by atoms with van der Waals surface area (Å²) in [5, 5.41) is 0. The van der Waals surface area contributed by atoms with Crippen molar-refractivity contribution < 1.29 is 8.22 Å². The average molecular weight is 222 g/mol. The van der Waals surface area contributed by atoms with Crippen molar-refractivity contribution >= 4 is 11.6 Å². The van der Waals surface area contributed by atoms with Gasteiger partial charge in [0.1, 0.15) is 11.6 Å². The van der Waals surface area contributed by atoms with E-state index in [1.807, 2.05) is 13.0 Å². The number of aromatic nitrogens is 2. The lowest BCUT2D eigenvalue weighted by atomic mass is 10.3. The molecule has 4 nitrogen and oxygen atoms in total. The van der Waals surface area contributed by atoms with Crippen LogP contribution < -0.4 is 11.5 Å². The molecule has 0 aliphatic rings. The number of pyridine rings is 2. The second-order valence-corrected chi connectivity index (χ2v) is 2.99. The minimum Gasteiger partial charge on any atom is -0.384 e. The number of anilines is 2. The summed E-state index contributed by atoms with van der Waals surface area (Å²) < 4.78 is 43.0. The highest BCUT2D eigenvalue weighted by Gasteiger charge is 1.82. The lowest BCUT2D eigenvalue weighted by molar-refractivity contribution is 1.28. The Morgan fingerprint density at radius 2 is 1.94 bits per heavy atom. The summed E-state index contributed by atoms with van der Waals surface area (Å²) >= 11 is 0. The Morgan fingerprint density at radius 3 is 2.50 bits per heavy atom. The van der Waals surface area contributed by atoms with E-state index in [1.165, 1.54) is 0 Å². The first kappa shape index (κ1) is 5.84. The van der Waals surface area contributed by atoms with Crippen LogP contribution in [0.3, 0.4) is 0 Å². The van der Waals surface area contributed by atoms with E-state index in [2.05, 4.69) is 9.97 Å². The SMILES string of the molecule is Cc1ccc(N)nc1.[2H]c1nc(N)c([2H])c([2H])c1C([2H])([2H])[2H]. The zero-order valence-electron chi connectivity index (χ0n) is 14.8. The number of rotatable bonds is 0. The molecule has 0 aromatic carbocycles. The zero-order valence-corrected chi connectivity index (χ0v) is 8.78. The molecule has 4 N–H and O–H groups in total. The topological polar surface area (TPSA) is 77.8 Å². The molecule has 2 aromatic rings. The van der Waals surface area contributed by atoms with E-state index in [0.29, 0.717) is 5.82 Å². The minimum atomic E-state index is -2.61. The number of hydrogen-bond acceptors (Lipinski definition) is 4. The fraction of sp³-hybridized carbons (Fsp3) is 0.167. The van der Waals surface area contributed by atoms with E-state index in [0.717, 1.165) is 5.56 Å². The predicted molar refractivity (Wildman–Crippen MR) is 66.8 cm³/mol. The number of nitrogens with zero attached hydrogens (tertiary/aromatic N) is 2. The first-order valence-electron chi connectivity index (χ1n) is 7.46. The highest BCUT2D eigenvalue weighted by molar-refractivity contribution is 5.29. The highest BCUT2D eigenvalue weighted by Crippen LogP contribution is 1.97. The van der Waals surface area contributed by atoms with Gasteiger partial charge in [-0.1, -0.05) is 12.1 Å². The third-order valence-electron chi connectivity index (χ3n) is 1.54. The smallest absolute Gasteiger partial charge is 0.123 e. The van der Waals surface area contributed by atoms with Gasteiger partial charge in [0.25, 0.3) is 0 Å². The van der Waals surface area contributed by atoms with Crippen LogP contribution in [0.5, 0.6) is 0 Å². The largest absolute Gasteiger partial charge is 0.384 e. The van der Waals surface area contributed by atoms with Crippen LogP contribution in [0.1, 0.15) is 19.4 Å². The molecule has 84 valence electrons. The standard InChI is InChI=1S/2C6H8N2/c2*1-5-2-3-6(7)8-4-5/h2*2-4H,1H3,(H2,7,8)/i1D3,2D,3D,4D;.